The van der Waals surface area contributed by atoms with Crippen molar-refractivity contribution in [3.05, 3.63) is 64.5 Å². The number of methoxy groups -OCH3 is 2. The summed E-state index contributed by atoms with van der Waals surface area (Å²) in [6.07, 6.45) is 2.04. The highest BCUT2D eigenvalue weighted by molar-refractivity contribution is 5.79. The van der Waals surface area contributed by atoms with Crippen molar-refractivity contribution >= 4 is 28.7 Å². The Hall–Kier alpha value is -3.88. The summed E-state index contributed by atoms with van der Waals surface area (Å²) in [5.41, 5.74) is 2.02. The molecule has 0 aliphatic heterocycles. The van der Waals surface area contributed by atoms with Gasteiger partial charge in [-0.15, -0.1) is 0 Å². The summed E-state index contributed by atoms with van der Waals surface area (Å²) in [4.78, 5) is 19.5. The molecule has 2 aromatic carbocycles. The van der Waals surface area contributed by atoms with Crippen molar-refractivity contribution in [3.8, 4) is 11.5 Å². The Kier molecular flexibility index (Phi) is 6.08. The fourth-order valence-electron chi connectivity index (χ4n) is 2.84. The first-order valence-corrected chi connectivity index (χ1v) is 8.90. The maximum atomic E-state index is 11.8. The lowest BCUT2D eigenvalue weighted by molar-refractivity contribution is -0.383. The Bertz CT molecular complexity index is 1030. The molecule has 0 aliphatic rings. The SMILES string of the molecule is CCc1ccccc1Nc1ncnc(Nc2ccc(OC)cc2OC)c1[N+](=O)[O-]. The van der Waals surface area contributed by atoms with Crippen LogP contribution in [0.25, 0.3) is 0 Å². The highest BCUT2D eigenvalue weighted by atomic mass is 16.6. The number of ether oxygens (including phenoxy) is 2. The highest BCUT2D eigenvalue weighted by Crippen LogP contribution is 2.37. The predicted molar refractivity (Wildman–Crippen MR) is 111 cm³/mol. The van der Waals surface area contributed by atoms with Gasteiger partial charge in [0.25, 0.3) is 0 Å². The van der Waals surface area contributed by atoms with Crippen molar-refractivity contribution < 1.29 is 14.4 Å². The number of aryl methyl sites for hydroxylation is 1. The molecule has 0 bridgehead atoms. The molecule has 0 radical (unpaired) electrons. The van der Waals surface area contributed by atoms with Crippen molar-refractivity contribution in [2.24, 2.45) is 0 Å². The maximum Gasteiger partial charge on any atom is 0.353 e. The van der Waals surface area contributed by atoms with Crippen LogP contribution in [-0.2, 0) is 6.42 Å². The molecule has 9 nitrogen and oxygen atoms in total. The Balaban J connectivity index is 2.01. The normalized spacial score (nSPS) is 10.3. The van der Waals surface area contributed by atoms with E-state index in [1.807, 2.05) is 31.2 Å². The number of benzene rings is 2. The number of anilines is 4. The molecular formula is C20H21N5O4. The van der Waals surface area contributed by atoms with Crippen molar-refractivity contribution in [2.45, 2.75) is 13.3 Å². The molecule has 1 aromatic heterocycles. The van der Waals surface area contributed by atoms with Crippen molar-refractivity contribution in [1.29, 1.82) is 0 Å². The zero-order chi connectivity index (χ0) is 20.8. The number of nitrogens with zero attached hydrogens (tertiary/aromatic N) is 3. The van der Waals surface area contributed by atoms with E-state index in [0.717, 1.165) is 17.7 Å². The van der Waals surface area contributed by atoms with Crippen molar-refractivity contribution in [2.75, 3.05) is 24.9 Å². The van der Waals surface area contributed by atoms with Gasteiger partial charge in [-0.3, -0.25) is 10.1 Å². The minimum Gasteiger partial charge on any atom is -0.497 e. The molecule has 1 heterocycles. The molecule has 3 aromatic rings. The third-order valence-electron chi connectivity index (χ3n) is 4.32. The van der Waals surface area contributed by atoms with Crippen LogP contribution in [0.3, 0.4) is 0 Å². The summed E-state index contributed by atoms with van der Waals surface area (Å²) >= 11 is 0. The lowest BCUT2D eigenvalue weighted by Crippen LogP contribution is -2.07. The van der Waals surface area contributed by atoms with E-state index in [2.05, 4.69) is 20.6 Å². The standard InChI is InChI=1S/C20H21N5O4/c1-4-13-7-5-6-8-15(13)23-19-18(25(26)27)20(22-12-21-19)24-16-10-9-14(28-2)11-17(16)29-3/h5-12H,4H2,1-3H3,(H2,21,22,23,24). The van der Waals surface area contributed by atoms with E-state index in [4.69, 9.17) is 9.47 Å². The minimum absolute atomic E-state index is 0.0462. The molecule has 0 saturated carbocycles. The lowest BCUT2D eigenvalue weighted by atomic mass is 10.1. The summed E-state index contributed by atoms with van der Waals surface area (Å²) in [7, 11) is 3.05. The van der Waals surface area contributed by atoms with Gasteiger partial charge in [0.05, 0.1) is 24.8 Å². The van der Waals surface area contributed by atoms with Gasteiger partial charge in [-0.05, 0) is 30.2 Å². The molecule has 3 rings (SSSR count). The van der Waals surface area contributed by atoms with E-state index >= 15 is 0 Å². The van der Waals surface area contributed by atoms with Crippen molar-refractivity contribution in [1.82, 2.24) is 9.97 Å². The minimum atomic E-state index is -0.519. The van der Waals surface area contributed by atoms with Crippen LogP contribution >= 0.6 is 0 Å². The molecule has 2 N–H and O–H groups in total. The smallest absolute Gasteiger partial charge is 0.353 e. The third-order valence-corrected chi connectivity index (χ3v) is 4.32. The van der Waals surface area contributed by atoms with Gasteiger partial charge >= 0.3 is 5.69 Å². The van der Waals surface area contributed by atoms with Crippen molar-refractivity contribution in [3.63, 3.8) is 0 Å². The summed E-state index contributed by atoms with van der Waals surface area (Å²) in [5, 5.41) is 17.9. The van der Waals surface area contributed by atoms with E-state index in [-0.39, 0.29) is 17.3 Å². The Morgan fingerprint density at radius 2 is 1.69 bits per heavy atom. The number of aromatic nitrogens is 2. The number of nitro groups is 1. The van der Waals surface area contributed by atoms with Gasteiger partial charge in [-0.2, -0.15) is 0 Å². The average molecular weight is 395 g/mol. The van der Waals surface area contributed by atoms with E-state index < -0.39 is 4.92 Å². The van der Waals surface area contributed by atoms with Crippen LogP contribution in [0.4, 0.5) is 28.7 Å². The summed E-state index contributed by atoms with van der Waals surface area (Å²) in [5.74, 6) is 1.21. The second-order valence-corrected chi connectivity index (χ2v) is 6.00. The predicted octanol–water partition coefficient (Wildman–Crippen LogP) is 4.45. The molecule has 0 atom stereocenters. The van der Waals surface area contributed by atoms with Gasteiger partial charge in [-0.1, -0.05) is 25.1 Å². The monoisotopic (exact) mass is 395 g/mol. The van der Waals surface area contributed by atoms with Gasteiger partial charge in [0.2, 0.25) is 11.6 Å². The molecule has 0 fully saturated rings. The van der Waals surface area contributed by atoms with Gasteiger partial charge in [-0.25, -0.2) is 9.97 Å². The number of nitrogens with one attached hydrogen (secondary N) is 2. The second-order valence-electron chi connectivity index (χ2n) is 6.00. The molecule has 0 saturated heterocycles. The van der Waals surface area contributed by atoms with Crippen LogP contribution in [0.1, 0.15) is 12.5 Å². The summed E-state index contributed by atoms with van der Waals surface area (Å²) in [6.45, 7) is 2.01. The van der Waals surface area contributed by atoms with Crippen LogP contribution < -0.4 is 20.1 Å². The first kappa shape index (κ1) is 19.9. The number of hydrogen-bond donors (Lipinski definition) is 2. The van der Waals surface area contributed by atoms with Crippen LogP contribution in [0.2, 0.25) is 0 Å². The largest absolute Gasteiger partial charge is 0.497 e. The van der Waals surface area contributed by atoms with E-state index in [0.29, 0.717) is 17.2 Å². The second kappa shape index (κ2) is 8.87. The van der Waals surface area contributed by atoms with E-state index in [9.17, 15) is 10.1 Å². The maximum absolute atomic E-state index is 11.8. The van der Waals surface area contributed by atoms with E-state index in [1.54, 1.807) is 25.3 Å². The number of para-hydroxylation sites is 1. The molecule has 0 unspecified atom stereocenters. The van der Waals surface area contributed by atoms with Gasteiger partial charge < -0.3 is 20.1 Å². The average Bonchev–Trinajstić information content (AvgIpc) is 2.74. The fourth-order valence-corrected chi connectivity index (χ4v) is 2.84. The Labute approximate surface area is 167 Å². The summed E-state index contributed by atoms with van der Waals surface area (Å²) in [6, 6.07) is 12.7. The first-order chi connectivity index (χ1) is 14.1. The van der Waals surface area contributed by atoms with Crippen LogP contribution in [-0.4, -0.2) is 29.1 Å². The zero-order valence-corrected chi connectivity index (χ0v) is 16.3. The fraction of sp³-hybridized carbons (Fsp3) is 0.200. The lowest BCUT2D eigenvalue weighted by Gasteiger charge is -2.14. The molecule has 0 aliphatic carbocycles. The number of hydrogen-bond acceptors (Lipinski definition) is 8. The van der Waals surface area contributed by atoms with Gasteiger partial charge in [0.1, 0.15) is 17.8 Å². The quantitative estimate of drug-likeness (QED) is 0.425. The zero-order valence-electron chi connectivity index (χ0n) is 16.3. The molecule has 0 amide bonds. The molecule has 150 valence electrons. The number of rotatable bonds is 8. The van der Waals surface area contributed by atoms with Gasteiger partial charge in [0.15, 0.2) is 0 Å². The Morgan fingerprint density at radius 3 is 2.31 bits per heavy atom. The molecule has 0 spiro atoms. The van der Waals surface area contributed by atoms with Crippen LogP contribution in [0, 0.1) is 10.1 Å². The first-order valence-electron chi connectivity index (χ1n) is 8.90. The molecular weight excluding hydrogens is 374 g/mol. The van der Waals surface area contributed by atoms with Crippen LogP contribution in [0.15, 0.2) is 48.8 Å². The topological polar surface area (TPSA) is 111 Å². The molecule has 9 heteroatoms. The van der Waals surface area contributed by atoms with Crippen LogP contribution in [0.5, 0.6) is 11.5 Å². The van der Waals surface area contributed by atoms with E-state index in [1.165, 1.54) is 13.4 Å². The van der Waals surface area contributed by atoms with Gasteiger partial charge in [0, 0.05) is 11.8 Å². The molecule has 29 heavy (non-hydrogen) atoms. The highest BCUT2D eigenvalue weighted by Gasteiger charge is 2.24. The Morgan fingerprint density at radius 1 is 1.00 bits per heavy atom. The summed E-state index contributed by atoms with van der Waals surface area (Å²) < 4.78 is 10.5. The third kappa shape index (κ3) is 4.34.